The maximum absolute atomic E-state index is 14.0. The Morgan fingerprint density at radius 3 is 2.90 bits per heavy atom. The number of fused-ring (bicyclic) bond motifs is 1. The lowest BCUT2D eigenvalue weighted by molar-refractivity contribution is 0.295. The first kappa shape index (κ1) is 19.0. The SMILES string of the molecule is Cc1[nH]nc2c1[C@H](c1cc(Br)ccc1OCc1ccccc1F)C(C#N)=C(N)O2. The van der Waals surface area contributed by atoms with Crippen molar-refractivity contribution < 1.29 is 13.9 Å². The molecule has 0 saturated carbocycles. The molecule has 0 aliphatic carbocycles. The minimum atomic E-state index is -0.532. The summed E-state index contributed by atoms with van der Waals surface area (Å²) in [5.41, 5.74) is 8.85. The molecule has 146 valence electrons. The molecule has 2 heterocycles. The Labute approximate surface area is 174 Å². The molecule has 3 N–H and O–H groups in total. The van der Waals surface area contributed by atoms with Crippen LogP contribution in [0.25, 0.3) is 0 Å². The van der Waals surface area contributed by atoms with Crippen LogP contribution in [0.15, 0.2) is 58.4 Å². The normalized spacial score (nSPS) is 15.4. The first-order valence-electron chi connectivity index (χ1n) is 8.77. The van der Waals surface area contributed by atoms with Gasteiger partial charge in [-0.1, -0.05) is 34.1 Å². The number of hydrogen-bond donors (Lipinski definition) is 2. The maximum Gasteiger partial charge on any atom is 0.244 e. The first-order chi connectivity index (χ1) is 14.0. The zero-order valence-corrected chi connectivity index (χ0v) is 17.0. The number of nitrogens with two attached hydrogens (primary N) is 1. The number of rotatable bonds is 4. The second-order valence-corrected chi connectivity index (χ2v) is 7.47. The van der Waals surface area contributed by atoms with E-state index < -0.39 is 5.92 Å². The Hall–Kier alpha value is -3.31. The van der Waals surface area contributed by atoms with Gasteiger partial charge in [0.05, 0.1) is 5.92 Å². The number of aryl methyl sites for hydroxylation is 1. The smallest absolute Gasteiger partial charge is 0.244 e. The Kier molecular flexibility index (Phi) is 4.99. The molecule has 0 bridgehead atoms. The van der Waals surface area contributed by atoms with Crippen LogP contribution in [0.3, 0.4) is 0 Å². The van der Waals surface area contributed by atoms with E-state index in [2.05, 4.69) is 32.2 Å². The molecule has 0 amide bonds. The van der Waals surface area contributed by atoms with Gasteiger partial charge in [-0.05, 0) is 31.2 Å². The van der Waals surface area contributed by atoms with Crippen LogP contribution in [0, 0.1) is 24.1 Å². The molecular weight excluding hydrogens is 439 g/mol. The van der Waals surface area contributed by atoms with E-state index in [1.807, 2.05) is 19.1 Å². The van der Waals surface area contributed by atoms with Crippen molar-refractivity contribution in [2.45, 2.75) is 19.4 Å². The lowest BCUT2D eigenvalue weighted by atomic mass is 9.83. The third kappa shape index (κ3) is 3.45. The van der Waals surface area contributed by atoms with Crippen LogP contribution >= 0.6 is 15.9 Å². The molecule has 6 nitrogen and oxygen atoms in total. The van der Waals surface area contributed by atoms with E-state index in [0.29, 0.717) is 28.3 Å². The molecule has 3 aromatic rings. The second kappa shape index (κ2) is 7.60. The van der Waals surface area contributed by atoms with Crippen molar-refractivity contribution >= 4 is 15.9 Å². The predicted molar refractivity (Wildman–Crippen MR) is 107 cm³/mol. The summed E-state index contributed by atoms with van der Waals surface area (Å²) in [7, 11) is 0. The number of nitrogens with zero attached hydrogens (tertiary/aromatic N) is 2. The fourth-order valence-electron chi connectivity index (χ4n) is 3.36. The molecular formula is C21H16BrFN4O2. The van der Waals surface area contributed by atoms with Crippen LogP contribution in [0.4, 0.5) is 4.39 Å². The van der Waals surface area contributed by atoms with Crippen molar-refractivity contribution in [2.75, 3.05) is 0 Å². The number of nitriles is 1. The van der Waals surface area contributed by atoms with Gasteiger partial charge in [0.25, 0.3) is 0 Å². The molecule has 2 aromatic carbocycles. The summed E-state index contributed by atoms with van der Waals surface area (Å²) in [5, 5.41) is 16.8. The maximum atomic E-state index is 14.0. The summed E-state index contributed by atoms with van der Waals surface area (Å²) in [6, 6.07) is 14.0. The monoisotopic (exact) mass is 454 g/mol. The lowest BCUT2D eigenvalue weighted by Gasteiger charge is -2.25. The van der Waals surface area contributed by atoms with Crippen LogP contribution < -0.4 is 15.2 Å². The van der Waals surface area contributed by atoms with E-state index in [4.69, 9.17) is 15.2 Å². The van der Waals surface area contributed by atoms with E-state index >= 15 is 0 Å². The van der Waals surface area contributed by atoms with Gasteiger partial charge in [0, 0.05) is 26.9 Å². The van der Waals surface area contributed by atoms with Crippen LogP contribution in [0.1, 0.15) is 28.3 Å². The fourth-order valence-corrected chi connectivity index (χ4v) is 3.74. The number of hydrogen-bond acceptors (Lipinski definition) is 5. The molecule has 0 fully saturated rings. The number of H-pyrrole nitrogens is 1. The molecule has 0 radical (unpaired) electrons. The molecule has 0 unspecified atom stereocenters. The number of aromatic amines is 1. The first-order valence-corrected chi connectivity index (χ1v) is 9.57. The van der Waals surface area contributed by atoms with Gasteiger partial charge >= 0.3 is 0 Å². The summed E-state index contributed by atoms with van der Waals surface area (Å²) in [6.07, 6.45) is 0. The fraction of sp³-hybridized carbons (Fsp3) is 0.143. The topological polar surface area (TPSA) is 97.0 Å². The number of allylic oxidation sites excluding steroid dienone is 1. The third-order valence-electron chi connectivity index (χ3n) is 4.75. The zero-order valence-electron chi connectivity index (χ0n) is 15.4. The van der Waals surface area contributed by atoms with E-state index in [-0.39, 0.29) is 23.9 Å². The highest BCUT2D eigenvalue weighted by Crippen LogP contribution is 2.46. The van der Waals surface area contributed by atoms with Crippen molar-refractivity contribution in [1.82, 2.24) is 10.2 Å². The summed E-state index contributed by atoms with van der Waals surface area (Å²) in [5.74, 6) is -0.0429. The average Bonchev–Trinajstić information content (AvgIpc) is 3.07. The predicted octanol–water partition coefficient (Wildman–Crippen LogP) is 4.42. The molecule has 4 rings (SSSR count). The van der Waals surface area contributed by atoms with E-state index in [1.165, 1.54) is 6.07 Å². The Bertz CT molecular complexity index is 1170. The molecule has 1 aliphatic heterocycles. The average molecular weight is 455 g/mol. The van der Waals surface area contributed by atoms with Crippen molar-refractivity contribution in [1.29, 1.82) is 5.26 Å². The van der Waals surface area contributed by atoms with Crippen molar-refractivity contribution in [3.05, 3.63) is 86.6 Å². The van der Waals surface area contributed by atoms with Gasteiger partial charge in [-0.25, -0.2) is 4.39 Å². The number of aromatic nitrogens is 2. The Morgan fingerprint density at radius 1 is 1.34 bits per heavy atom. The molecule has 29 heavy (non-hydrogen) atoms. The molecule has 0 spiro atoms. The Balaban J connectivity index is 1.80. The lowest BCUT2D eigenvalue weighted by Crippen LogP contribution is -2.21. The largest absolute Gasteiger partial charge is 0.488 e. The minimum absolute atomic E-state index is 0.00321. The van der Waals surface area contributed by atoms with E-state index in [9.17, 15) is 9.65 Å². The number of nitrogens with one attached hydrogen (secondary N) is 1. The molecule has 1 aliphatic rings. The van der Waals surface area contributed by atoms with Gasteiger partial charge in [-0.3, -0.25) is 5.10 Å². The van der Waals surface area contributed by atoms with Gasteiger partial charge in [-0.2, -0.15) is 5.26 Å². The van der Waals surface area contributed by atoms with Crippen LogP contribution in [-0.2, 0) is 6.61 Å². The van der Waals surface area contributed by atoms with Gasteiger partial charge in [0.15, 0.2) is 0 Å². The summed E-state index contributed by atoms with van der Waals surface area (Å²) >= 11 is 3.48. The van der Waals surface area contributed by atoms with Crippen LogP contribution in [0.5, 0.6) is 11.6 Å². The number of halogens is 2. The quantitative estimate of drug-likeness (QED) is 0.607. The molecule has 1 aromatic heterocycles. The van der Waals surface area contributed by atoms with Gasteiger partial charge in [0.2, 0.25) is 11.8 Å². The minimum Gasteiger partial charge on any atom is -0.488 e. The number of ether oxygens (including phenoxy) is 2. The van der Waals surface area contributed by atoms with E-state index in [1.54, 1.807) is 24.3 Å². The van der Waals surface area contributed by atoms with Crippen molar-refractivity contribution in [3.63, 3.8) is 0 Å². The molecule has 1 atom stereocenters. The summed E-state index contributed by atoms with van der Waals surface area (Å²) in [4.78, 5) is 0. The molecule has 8 heteroatoms. The standard InChI is InChI=1S/C21H16BrFN4O2/c1-11-18-19(15(9-24)20(25)29-21(18)27-26-11)14-8-13(22)6-7-17(14)28-10-12-4-2-3-5-16(12)23/h2-8,19H,10,25H2,1H3,(H,26,27)/t19-/m1/s1. The van der Waals surface area contributed by atoms with E-state index in [0.717, 1.165) is 10.2 Å². The number of benzene rings is 2. The van der Waals surface area contributed by atoms with Crippen molar-refractivity contribution in [3.8, 4) is 17.7 Å². The highest BCUT2D eigenvalue weighted by Gasteiger charge is 2.36. The highest BCUT2D eigenvalue weighted by molar-refractivity contribution is 9.10. The van der Waals surface area contributed by atoms with Gasteiger partial charge in [0.1, 0.15) is 29.8 Å². The Morgan fingerprint density at radius 2 is 2.14 bits per heavy atom. The van der Waals surface area contributed by atoms with Crippen molar-refractivity contribution in [2.24, 2.45) is 5.73 Å². The van der Waals surface area contributed by atoms with Gasteiger partial charge < -0.3 is 15.2 Å². The van der Waals surface area contributed by atoms with Gasteiger partial charge in [-0.15, -0.1) is 5.10 Å². The highest BCUT2D eigenvalue weighted by atomic mass is 79.9. The molecule has 0 saturated heterocycles. The second-order valence-electron chi connectivity index (χ2n) is 6.55. The summed E-state index contributed by atoms with van der Waals surface area (Å²) in [6.45, 7) is 1.89. The summed E-state index contributed by atoms with van der Waals surface area (Å²) < 4.78 is 26.3. The van der Waals surface area contributed by atoms with Crippen LogP contribution in [-0.4, -0.2) is 10.2 Å². The van der Waals surface area contributed by atoms with Crippen LogP contribution in [0.2, 0.25) is 0 Å². The third-order valence-corrected chi connectivity index (χ3v) is 5.25. The zero-order chi connectivity index (χ0) is 20.5.